The number of carbonyl (C=O) groups excluding carboxylic acids is 1. The highest BCUT2D eigenvalue weighted by Crippen LogP contribution is 2.20. The molecule has 0 aliphatic carbocycles. The van der Waals surface area contributed by atoms with Gasteiger partial charge in [-0.2, -0.15) is 0 Å². The van der Waals surface area contributed by atoms with Crippen LogP contribution in [0.1, 0.15) is 23.4 Å². The van der Waals surface area contributed by atoms with Crippen LogP contribution in [0.25, 0.3) is 0 Å². The molecule has 0 unspecified atom stereocenters. The molecule has 1 amide bonds. The molecule has 1 aromatic heterocycles. The maximum Gasteiger partial charge on any atom is 0.255 e. The number of benzene rings is 1. The lowest BCUT2D eigenvalue weighted by molar-refractivity contribution is -0.124. The van der Waals surface area contributed by atoms with Crippen molar-refractivity contribution in [1.29, 1.82) is 0 Å². The fraction of sp³-hybridized carbons (Fsp3) is 0.438. The van der Waals surface area contributed by atoms with Crippen molar-refractivity contribution in [2.75, 3.05) is 19.0 Å². The molecule has 6 nitrogen and oxygen atoms in total. The molecule has 0 saturated carbocycles. The molecule has 1 N–H and O–H groups in total. The highest BCUT2D eigenvalue weighted by Gasteiger charge is 2.24. The molecule has 122 valence electrons. The summed E-state index contributed by atoms with van der Waals surface area (Å²) >= 11 is 1.41. The Balaban J connectivity index is 1.51. The Morgan fingerprint density at radius 1 is 1.35 bits per heavy atom. The Morgan fingerprint density at radius 3 is 2.87 bits per heavy atom. The summed E-state index contributed by atoms with van der Waals surface area (Å²) in [7, 11) is 1.66. The van der Waals surface area contributed by atoms with Gasteiger partial charge in [0.05, 0.1) is 7.11 Å². The number of rotatable bonds is 6. The first-order valence-corrected chi connectivity index (χ1v) is 8.44. The average Bonchev–Trinajstić information content (AvgIpc) is 3.25. The van der Waals surface area contributed by atoms with Crippen LogP contribution in [0.3, 0.4) is 0 Å². The maximum atomic E-state index is 12.0. The number of methoxy groups -OCH3 is 1. The molecule has 7 heteroatoms. The molecule has 1 aliphatic heterocycles. The Kier molecular flexibility index (Phi) is 5.19. The minimum atomic E-state index is -0.346. The zero-order chi connectivity index (χ0) is 16.1. The number of anilines is 1. The zero-order valence-electron chi connectivity index (χ0n) is 12.9. The molecular weight excluding hydrogens is 314 g/mol. The van der Waals surface area contributed by atoms with Crippen molar-refractivity contribution in [3.8, 4) is 5.75 Å². The maximum absolute atomic E-state index is 12.0. The highest BCUT2D eigenvalue weighted by atomic mass is 32.1. The summed E-state index contributed by atoms with van der Waals surface area (Å²) in [5.74, 6) is 0.726. The van der Waals surface area contributed by atoms with E-state index in [-0.39, 0.29) is 12.0 Å². The molecule has 0 spiro atoms. The van der Waals surface area contributed by atoms with E-state index in [1.165, 1.54) is 16.9 Å². The quantitative estimate of drug-likeness (QED) is 0.879. The predicted octanol–water partition coefficient (Wildman–Crippen LogP) is 2.45. The predicted molar refractivity (Wildman–Crippen MR) is 87.9 cm³/mol. The number of hydrogen-bond donors (Lipinski definition) is 1. The van der Waals surface area contributed by atoms with Crippen molar-refractivity contribution >= 4 is 22.4 Å². The van der Waals surface area contributed by atoms with Crippen LogP contribution >= 0.6 is 11.3 Å². The van der Waals surface area contributed by atoms with Crippen molar-refractivity contribution in [2.24, 2.45) is 0 Å². The summed E-state index contributed by atoms with van der Waals surface area (Å²) in [5.41, 5.74) is 1.21. The van der Waals surface area contributed by atoms with E-state index in [1.54, 1.807) is 7.11 Å². The highest BCUT2D eigenvalue weighted by molar-refractivity contribution is 7.15. The molecule has 1 aromatic carbocycles. The van der Waals surface area contributed by atoms with E-state index in [9.17, 15) is 4.79 Å². The molecule has 3 rings (SSSR count). The van der Waals surface area contributed by atoms with Crippen LogP contribution in [0.4, 0.5) is 5.13 Å². The van der Waals surface area contributed by atoms with Gasteiger partial charge in [0.1, 0.15) is 16.9 Å². The van der Waals surface area contributed by atoms with E-state index >= 15 is 0 Å². The Labute approximate surface area is 138 Å². The third-order valence-electron chi connectivity index (χ3n) is 3.71. The second-order valence-corrected chi connectivity index (χ2v) is 6.40. The van der Waals surface area contributed by atoms with Crippen molar-refractivity contribution in [2.45, 2.75) is 31.8 Å². The minimum Gasteiger partial charge on any atom is -0.497 e. The Hall–Kier alpha value is -1.99. The standard InChI is InChI=1S/C16H19N3O3S/c1-21-12-7-4-11(5-8-12)6-9-14-18-19-16(23-14)17-15(20)13-3-2-10-22-13/h4-5,7-8,13H,2-3,6,9-10H2,1H3,(H,17,19,20)/t13-/m0/s1. The van der Waals surface area contributed by atoms with Gasteiger partial charge in [0.2, 0.25) is 5.13 Å². The number of amides is 1. The minimum absolute atomic E-state index is 0.125. The number of nitrogens with zero attached hydrogens (tertiary/aromatic N) is 2. The van der Waals surface area contributed by atoms with Gasteiger partial charge in [0.25, 0.3) is 5.91 Å². The number of ether oxygens (including phenoxy) is 2. The van der Waals surface area contributed by atoms with Crippen LogP contribution in [0.2, 0.25) is 0 Å². The van der Waals surface area contributed by atoms with Gasteiger partial charge >= 0.3 is 0 Å². The molecule has 1 saturated heterocycles. The van der Waals surface area contributed by atoms with Crippen LogP contribution in [0.15, 0.2) is 24.3 Å². The van der Waals surface area contributed by atoms with Crippen LogP contribution in [-0.2, 0) is 22.4 Å². The summed E-state index contributed by atoms with van der Waals surface area (Å²) in [4.78, 5) is 12.0. The monoisotopic (exact) mass is 333 g/mol. The topological polar surface area (TPSA) is 73.3 Å². The molecule has 0 bridgehead atoms. The fourth-order valence-corrected chi connectivity index (χ4v) is 3.16. The van der Waals surface area contributed by atoms with Gasteiger partial charge in [0, 0.05) is 13.0 Å². The fourth-order valence-electron chi connectivity index (χ4n) is 2.42. The van der Waals surface area contributed by atoms with Gasteiger partial charge in [-0.05, 0) is 37.0 Å². The Morgan fingerprint density at radius 2 is 2.17 bits per heavy atom. The lowest BCUT2D eigenvalue weighted by Gasteiger charge is -2.07. The van der Waals surface area contributed by atoms with Crippen molar-refractivity contribution < 1.29 is 14.3 Å². The second-order valence-electron chi connectivity index (χ2n) is 5.34. The molecule has 1 aliphatic rings. The summed E-state index contributed by atoms with van der Waals surface area (Å²) in [6, 6.07) is 7.98. The summed E-state index contributed by atoms with van der Waals surface area (Å²) in [5, 5.41) is 12.4. The Bertz CT molecular complexity index is 651. The molecule has 0 radical (unpaired) electrons. The van der Waals surface area contributed by atoms with Gasteiger partial charge < -0.3 is 9.47 Å². The molecule has 2 aromatic rings. The first-order valence-electron chi connectivity index (χ1n) is 7.62. The first kappa shape index (κ1) is 15.9. The van der Waals surface area contributed by atoms with Crippen LogP contribution in [0.5, 0.6) is 5.75 Å². The lowest BCUT2D eigenvalue weighted by atomic mass is 10.1. The number of nitrogens with one attached hydrogen (secondary N) is 1. The zero-order valence-corrected chi connectivity index (χ0v) is 13.8. The number of hydrogen-bond acceptors (Lipinski definition) is 6. The third-order valence-corrected chi connectivity index (χ3v) is 4.60. The number of aromatic nitrogens is 2. The molecule has 1 atom stereocenters. The van der Waals surface area contributed by atoms with E-state index in [2.05, 4.69) is 15.5 Å². The van der Waals surface area contributed by atoms with E-state index in [0.29, 0.717) is 11.7 Å². The summed E-state index contributed by atoms with van der Waals surface area (Å²) in [6.45, 7) is 0.654. The van der Waals surface area contributed by atoms with Gasteiger partial charge in [-0.15, -0.1) is 10.2 Å². The number of carbonyl (C=O) groups is 1. The van der Waals surface area contributed by atoms with E-state index in [0.717, 1.165) is 36.4 Å². The summed E-state index contributed by atoms with van der Waals surface area (Å²) in [6.07, 6.45) is 3.02. The van der Waals surface area contributed by atoms with Gasteiger partial charge in [-0.25, -0.2) is 0 Å². The van der Waals surface area contributed by atoms with Crippen molar-refractivity contribution in [3.05, 3.63) is 34.8 Å². The molecule has 2 heterocycles. The second kappa shape index (κ2) is 7.52. The van der Waals surface area contributed by atoms with E-state index < -0.39 is 0 Å². The van der Waals surface area contributed by atoms with E-state index in [4.69, 9.17) is 9.47 Å². The first-order chi connectivity index (χ1) is 11.2. The normalized spacial score (nSPS) is 17.2. The smallest absolute Gasteiger partial charge is 0.255 e. The molecule has 1 fully saturated rings. The molecular formula is C16H19N3O3S. The molecule has 23 heavy (non-hydrogen) atoms. The van der Waals surface area contributed by atoms with Crippen molar-refractivity contribution in [1.82, 2.24) is 10.2 Å². The van der Waals surface area contributed by atoms with Gasteiger partial charge in [0.15, 0.2) is 0 Å². The van der Waals surface area contributed by atoms with Crippen LogP contribution < -0.4 is 10.1 Å². The lowest BCUT2D eigenvalue weighted by Crippen LogP contribution is -2.26. The van der Waals surface area contributed by atoms with Crippen LogP contribution in [0, 0.1) is 0 Å². The van der Waals surface area contributed by atoms with Gasteiger partial charge in [-0.1, -0.05) is 23.5 Å². The van der Waals surface area contributed by atoms with Crippen LogP contribution in [-0.4, -0.2) is 35.9 Å². The largest absolute Gasteiger partial charge is 0.497 e. The average molecular weight is 333 g/mol. The van der Waals surface area contributed by atoms with Crippen molar-refractivity contribution in [3.63, 3.8) is 0 Å². The SMILES string of the molecule is COc1ccc(CCc2nnc(NC(=O)[C@@H]3CCCO3)s2)cc1. The third kappa shape index (κ3) is 4.27. The number of aryl methyl sites for hydroxylation is 2. The van der Waals surface area contributed by atoms with Gasteiger partial charge in [-0.3, -0.25) is 10.1 Å². The van der Waals surface area contributed by atoms with E-state index in [1.807, 2.05) is 24.3 Å². The summed E-state index contributed by atoms with van der Waals surface area (Å²) < 4.78 is 10.5.